The van der Waals surface area contributed by atoms with Crippen molar-refractivity contribution in [2.24, 2.45) is 5.73 Å². The van der Waals surface area contributed by atoms with Crippen LogP contribution in [-0.4, -0.2) is 16.7 Å². The first-order valence-corrected chi connectivity index (χ1v) is 5.37. The number of hydrogen-bond acceptors (Lipinski definition) is 4. The number of benzene rings is 1. The van der Waals surface area contributed by atoms with Crippen molar-refractivity contribution in [1.82, 2.24) is 10.1 Å². The molecule has 0 atom stereocenters. The van der Waals surface area contributed by atoms with Crippen LogP contribution in [0, 0.1) is 6.92 Å². The molecule has 16 heavy (non-hydrogen) atoms. The van der Waals surface area contributed by atoms with Gasteiger partial charge >= 0.3 is 0 Å². The summed E-state index contributed by atoms with van der Waals surface area (Å²) >= 11 is 5.96. The van der Waals surface area contributed by atoms with Gasteiger partial charge in [-0.15, -0.1) is 0 Å². The molecule has 1 aromatic carbocycles. The molecule has 1 aromatic heterocycles. The average molecular weight is 238 g/mol. The predicted molar refractivity (Wildman–Crippen MR) is 62.2 cm³/mol. The molecule has 0 amide bonds. The van der Waals surface area contributed by atoms with Crippen LogP contribution < -0.4 is 5.73 Å². The van der Waals surface area contributed by atoms with Gasteiger partial charge < -0.3 is 10.3 Å². The van der Waals surface area contributed by atoms with Gasteiger partial charge in [0.1, 0.15) is 0 Å². The van der Waals surface area contributed by atoms with E-state index in [1.165, 1.54) is 0 Å². The number of hydrogen-bond donors (Lipinski definition) is 1. The molecule has 2 rings (SSSR count). The van der Waals surface area contributed by atoms with E-state index in [-0.39, 0.29) is 0 Å². The van der Waals surface area contributed by atoms with Gasteiger partial charge in [-0.2, -0.15) is 4.98 Å². The fourth-order valence-corrected chi connectivity index (χ4v) is 1.75. The van der Waals surface area contributed by atoms with Crippen molar-refractivity contribution >= 4 is 11.6 Å². The van der Waals surface area contributed by atoms with Crippen LogP contribution in [0.1, 0.15) is 11.4 Å². The van der Waals surface area contributed by atoms with Crippen LogP contribution in [0.25, 0.3) is 11.5 Å². The van der Waals surface area contributed by atoms with E-state index >= 15 is 0 Å². The summed E-state index contributed by atoms with van der Waals surface area (Å²) in [5.41, 5.74) is 7.30. The zero-order valence-electron chi connectivity index (χ0n) is 8.90. The normalized spacial score (nSPS) is 10.7. The number of aryl methyl sites for hydroxylation is 1. The first kappa shape index (κ1) is 11.1. The summed E-state index contributed by atoms with van der Waals surface area (Å²) in [6.45, 7) is 2.47. The van der Waals surface area contributed by atoms with Gasteiger partial charge in [-0.25, -0.2) is 0 Å². The Kier molecular flexibility index (Phi) is 3.22. The molecule has 0 fully saturated rings. The first-order chi connectivity index (χ1) is 7.69. The second-order valence-corrected chi connectivity index (χ2v) is 4.01. The lowest BCUT2D eigenvalue weighted by atomic mass is 10.1. The van der Waals surface area contributed by atoms with Crippen LogP contribution in [0.15, 0.2) is 22.7 Å². The van der Waals surface area contributed by atoms with Crippen LogP contribution in [0.4, 0.5) is 0 Å². The maximum Gasteiger partial charge on any atom is 0.257 e. The fourth-order valence-electron chi connectivity index (χ4n) is 1.46. The number of nitrogens with zero attached hydrogens (tertiary/aromatic N) is 2. The number of halogens is 1. The zero-order chi connectivity index (χ0) is 11.5. The molecule has 0 unspecified atom stereocenters. The Balaban J connectivity index is 2.34. The summed E-state index contributed by atoms with van der Waals surface area (Å²) in [4.78, 5) is 4.24. The second-order valence-electron chi connectivity index (χ2n) is 3.57. The summed E-state index contributed by atoms with van der Waals surface area (Å²) in [5.74, 6) is 1.10. The van der Waals surface area contributed by atoms with E-state index in [0.717, 1.165) is 11.1 Å². The van der Waals surface area contributed by atoms with Crippen LogP contribution in [-0.2, 0) is 6.42 Å². The maximum absolute atomic E-state index is 5.96. The van der Waals surface area contributed by atoms with E-state index in [9.17, 15) is 0 Å². The molecule has 0 spiro atoms. The van der Waals surface area contributed by atoms with Crippen molar-refractivity contribution in [1.29, 1.82) is 0 Å². The molecule has 5 heteroatoms. The quantitative estimate of drug-likeness (QED) is 0.889. The molecule has 0 bridgehead atoms. The third-order valence-electron chi connectivity index (χ3n) is 2.13. The SMILES string of the molecule is Cc1cc(Cl)cc(-c2nc(CCN)no2)c1. The average Bonchev–Trinajstić information content (AvgIpc) is 2.65. The summed E-state index contributed by atoms with van der Waals surface area (Å²) in [6, 6.07) is 5.63. The number of nitrogens with two attached hydrogens (primary N) is 1. The van der Waals surface area contributed by atoms with E-state index in [0.29, 0.717) is 29.7 Å². The Morgan fingerprint density at radius 1 is 1.38 bits per heavy atom. The highest BCUT2D eigenvalue weighted by molar-refractivity contribution is 6.30. The molecule has 1 heterocycles. The minimum absolute atomic E-state index is 0.481. The van der Waals surface area contributed by atoms with Crippen molar-refractivity contribution in [2.45, 2.75) is 13.3 Å². The van der Waals surface area contributed by atoms with Crippen LogP contribution in [0.2, 0.25) is 5.02 Å². The van der Waals surface area contributed by atoms with Crippen LogP contribution >= 0.6 is 11.6 Å². The van der Waals surface area contributed by atoms with E-state index in [1.54, 1.807) is 6.07 Å². The van der Waals surface area contributed by atoms with Crippen molar-refractivity contribution < 1.29 is 4.52 Å². The van der Waals surface area contributed by atoms with Gasteiger partial charge in [0.25, 0.3) is 5.89 Å². The molecule has 0 aliphatic heterocycles. The van der Waals surface area contributed by atoms with Crippen LogP contribution in [0.3, 0.4) is 0 Å². The van der Waals surface area contributed by atoms with Gasteiger partial charge in [0.15, 0.2) is 5.82 Å². The largest absolute Gasteiger partial charge is 0.334 e. The summed E-state index contributed by atoms with van der Waals surface area (Å²) < 4.78 is 5.14. The molecule has 0 saturated heterocycles. The fraction of sp³-hybridized carbons (Fsp3) is 0.273. The van der Waals surface area contributed by atoms with Gasteiger partial charge in [0, 0.05) is 17.0 Å². The van der Waals surface area contributed by atoms with E-state index < -0.39 is 0 Å². The lowest BCUT2D eigenvalue weighted by molar-refractivity contribution is 0.422. The third kappa shape index (κ3) is 2.40. The highest BCUT2D eigenvalue weighted by Gasteiger charge is 2.09. The third-order valence-corrected chi connectivity index (χ3v) is 2.34. The Bertz CT molecular complexity index is 475. The predicted octanol–water partition coefficient (Wildman–Crippen LogP) is 2.20. The van der Waals surface area contributed by atoms with Crippen molar-refractivity contribution in [2.75, 3.05) is 6.54 Å². The Hall–Kier alpha value is -1.39. The summed E-state index contributed by atoms with van der Waals surface area (Å²) in [6.07, 6.45) is 0.614. The minimum Gasteiger partial charge on any atom is -0.334 e. The molecule has 2 N–H and O–H groups in total. The second kappa shape index (κ2) is 4.63. The van der Waals surface area contributed by atoms with Crippen molar-refractivity contribution in [3.8, 4) is 11.5 Å². The Morgan fingerprint density at radius 3 is 2.88 bits per heavy atom. The number of aromatic nitrogens is 2. The monoisotopic (exact) mass is 237 g/mol. The van der Waals surface area contributed by atoms with Gasteiger partial charge in [-0.1, -0.05) is 16.8 Å². The smallest absolute Gasteiger partial charge is 0.257 e. The van der Waals surface area contributed by atoms with Gasteiger partial charge in [-0.3, -0.25) is 0 Å². The molecular weight excluding hydrogens is 226 g/mol. The molecule has 4 nitrogen and oxygen atoms in total. The summed E-state index contributed by atoms with van der Waals surface area (Å²) in [7, 11) is 0. The molecular formula is C11H12ClN3O. The number of rotatable bonds is 3. The Morgan fingerprint density at radius 2 is 2.19 bits per heavy atom. The molecule has 0 saturated carbocycles. The van der Waals surface area contributed by atoms with E-state index in [2.05, 4.69) is 10.1 Å². The minimum atomic E-state index is 0.481. The molecule has 84 valence electrons. The van der Waals surface area contributed by atoms with E-state index in [1.807, 2.05) is 19.1 Å². The van der Waals surface area contributed by atoms with Gasteiger partial charge in [-0.05, 0) is 37.2 Å². The molecule has 0 radical (unpaired) electrons. The lowest BCUT2D eigenvalue weighted by Gasteiger charge is -1.98. The highest BCUT2D eigenvalue weighted by atomic mass is 35.5. The molecule has 0 aliphatic carbocycles. The van der Waals surface area contributed by atoms with Crippen molar-refractivity contribution in [3.05, 3.63) is 34.6 Å². The van der Waals surface area contributed by atoms with Gasteiger partial charge in [0.05, 0.1) is 0 Å². The summed E-state index contributed by atoms with van der Waals surface area (Å²) in [5, 5.41) is 4.49. The lowest BCUT2D eigenvalue weighted by Crippen LogP contribution is -2.03. The maximum atomic E-state index is 5.96. The first-order valence-electron chi connectivity index (χ1n) is 4.99. The van der Waals surface area contributed by atoms with Gasteiger partial charge in [0.2, 0.25) is 0 Å². The van der Waals surface area contributed by atoms with Crippen molar-refractivity contribution in [3.63, 3.8) is 0 Å². The molecule has 2 aromatic rings. The standard InChI is InChI=1S/C11H12ClN3O/c1-7-4-8(6-9(12)5-7)11-14-10(2-3-13)15-16-11/h4-6H,2-3,13H2,1H3. The van der Waals surface area contributed by atoms with Crippen LogP contribution in [0.5, 0.6) is 0 Å². The topological polar surface area (TPSA) is 64.9 Å². The van der Waals surface area contributed by atoms with E-state index in [4.69, 9.17) is 21.9 Å². The zero-order valence-corrected chi connectivity index (χ0v) is 9.66. The molecule has 0 aliphatic rings. The highest BCUT2D eigenvalue weighted by Crippen LogP contribution is 2.23. The Labute approximate surface area is 98.4 Å².